The van der Waals surface area contributed by atoms with Gasteiger partial charge in [0, 0.05) is 24.7 Å². The second kappa shape index (κ2) is 11.2. The molecular formula is C26H35NO9. The zero-order chi connectivity index (χ0) is 26.0. The molecule has 0 fully saturated rings. The van der Waals surface area contributed by atoms with Gasteiger partial charge >= 0.3 is 0 Å². The van der Waals surface area contributed by atoms with Crippen molar-refractivity contribution in [3.8, 4) is 23.0 Å². The Bertz CT molecular complexity index is 1060. The van der Waals surface area contributed by atoms with Gasteiger partial charge in [0.2, 0.25) is 6.29 Å². The van der Waals surface area contributed by atoms with Crippen molar-refractivity contribution in [2.45, 2.75) is 57.1 Å². The Morgan fingerprint density at radius 3 is 2.33 bits per heavy atom. The lowest BCUT2D eigenvalue weighted by Gasteiger charge is -2.42. The van der Waals surface area contributed by atoms with E-state index in [0.717, 1.165) is 41.8 Å². The number of fused-ring (bicyclic) bond motifs is 4. The zero-order valence-electron chi connectivity index (χ0n) is 21.0. The van der Waals surface area contributed by atoms with E-state index in [1.165, 1.54) is 19.6 Å². The monoisotopic (exact) mass is 505 g/mol. The third-order valence-corrected chi connectivity index (χ3v) is 6.93. The average Bonchev–Trinajstić information content (AvgIpc) is 2.88. The summed E-state index contributed by atoms with van der Waals surface area (Å²) in [6, 6.07) is 7.83. The number of ether oxygens (including phenoxy) is 5. The summed E-state index contributed by atoms with van der Waals surface area (Å²) < 4.78 is 28.0. The highest BCUT2D eigenvalue weighted by atomic mass is 16.7. The van der Waals surface area contributed by atoms with Crippen molar-refractivity contribution in [3.05, 3.63) is 46.5 Å². The number of hydrogen-bond acceptors (Lipinski definition) is 10. The Kier molecular flexibility index (Phi) is 8.23. The molecule has 10 heteroatoms. The van der Waals surface area contributed by atoms with E-state index in [2.05, 4.69) is 11.0 Å². The fraction of sp³-hybridized carbons (Fsp3) is 0.538. The van der Waals surface area contributed by atoms with Crippen molar-refractivity contribution >= 4 is 0 Å². The Hall–Kier alpha value is -2.60. The fourth-order valence-electron chi connectivity index (χ4n) is 5.01. The summed E-state index contributed by atoms with van der Waals surface area (Å²) in [5.74, 6) is 2.17. The molecule has 0 aromatic heterocycles. The van der Waals surface area contributed by atoms with E-state index in [4.69, 9.17) is 23.7 Å². The van der Waals surface area contributed by atoms with Gasteiger partial charge in [0.25, 0.3) is 6.29 Å². The first-order chi connectivity index (χ1) is 17.3. The summed E-state index contributed by atoms with van der Waals surface area (Å²) in [7, 11) is 4.79. The van der Waals surface area contributed by atoms with Crippen molar-refractivity contribution in [2.75, 3.05) is 34.5 Å². The summed E-state index contributed by atoms with van der Waals surface area (Å²) in [6.45, 7) is 2.47. The van der Waals surface area contributed by atoms with E-state index in [0.29, 0.717) is 18.0 Å². The fourth-order valence-corrected chi connectivity index (χ4v) is 5.01. The second-order valence-electron chi connectivity index (χ2n) is 9.08. The lowest BCUT2D eigenvalue weighted by atomic mass is 9.83. The molecule has 0 amide bonds. The maximum Gasteiger partial charge on any atom is 0.251 e. The number of methoxy groups -OCH3 is 3. The molecule has 10 nitrogen and oxygen atoms in total. The minimum atomic E-state index is -2.01. The van der Waals surface area contributed by atoms with Crippen LogP contribution in [0.5, 0.6) is 23.0 Å². The van der Waals surface area contributed by atoms with Crippen LogP contribution in [0.4, 0.5) is 0 Å². The van der Waals surface area contributed by atoms with Gasteiger partial charge in [-0.2, -0.15) is 0 Å². The van der Waals surface area contributed by atoms with Crippen LogP contribution in [0.1, 0.15) is 35.2 Å². The summed E-state index contributed by atoms with van der Waals surface area (Å²) in [5.41, 5.74) is 4.47. The Labute approximate surface area is 210 Å². The highest BCUT2D eigenvalue weighted by Gasteiger charge is 2.36. The SMILES string of the molecule is COc1cc2c(cc1OC(OC(CO)C(C)O)C(O)O)C1Cc3ccc(OC)c(OC)c3CN1CC2. The molecule has 4 unspecified atom stereocenters. The van der Waals surface area contributed by atoms with E-state index < -0.39 is 31.4 Å². The molecule has 0 saturated carbocycles. The van der Waals surface area contributed by atoms with E-state index in [9.17, 15) is 20.4 Å². The first-order valence-corrected chi connectivity index (χ1v) is 12.0. The zero-order valence-corrected chi connectivity index (χ0v) is 21.0. The molecule has 0 radical (unpaired) electrons. The summed E-state index contributed by atoms with van der Waals surface area (Å²) in [5, 5.41) is 39.0. The first-order valence-electron chi connectivity index (χ1n) is 12.0. The standard InChI is InChI=1S/C26H35NO9/c1-14(29)23(13-28)36-26(25(30)31)35-22-11-17-16(10-21(22)33-3)7-8-27-12-18-15(9-19(17)27)5-6-20(32-2)24(18)34-4/h5-6,10-11,14,19,23,25-26,28-31H,7-9,12-13H2,1-4H3. The molecule has 2 aromatic rings. The van der Waals surface area contributed by atoms with Gasteiger partial charge in [-0.1, -0.05) is 6.07 Å². The molecule has 0 spiro atoms. The highest BCUT2D eigenvalue weighted by molar-refractivity contribution is 5.54. The lowest BCUT2D eigenvalue weighted by molar-refractivity contribution is -0.250. The largest absolute Gasteiger partial charge is 0.493 e. The number of hydrogen-bond donors (Lipinski definition) is 4. The van der Waals surface area contributed by atoms with Crippen molar-refractivity contribution in [1.29, 1.82) is 0 Å². The molecule has 4 N–H and O–H groups in total. The van der Waals surface area contributed by atoms with Gasteiger partial charge in [-0.3, -0.25) is 4.90 Å². The molecule has 0 saturated heterocycles. The number of aliphatic hydroxyl groups excluding tert-OH is 3. The minimum absolute atomic E-state index is 0.0775. The van der Waals surface area contributed by atoms with Crippen LogP contribution >= 0.6 is 0 Å². The topological polar surface area (TPSA) is 130 Å². The minimum Gasteiger partial charge on any atom is -0.493 e. The van der Waals surface area contributed by atoms with E-state index >= 15 is 0 Å². The lowest BCUT2D eigenvalue weighted by Crippen LogP contribution is -2.42. The first kappa shape index (κ1) is 26.5. The van der Waals surface area contributed by atoms with Crippen LogP contribution in [-0.4, -0.2) is 84.6 Å². The van der Waals surface area contributed by atoms with E-state index in [-0.39, 0.29) is 11.8 Å². The van der Waals surface area contributed by atoms with E-state index in [1.54, 1.807) is 14.2 Å². The molecule has 4 atom stereocenters. The van der Waals surface area contributed by atoms with Crippen molar-refractivity contribution in [3.63, 3.8) is 0 Å². The molecule has 4 rings (SSSR count). The third-order valence-electron chi connectivity index (χ3n) is 6.93. The van der Waals surface area contributed by atoms with Crippen LogP contribution in [0.25, 0.3) is 0 Å². The summed E-state index contributed by atoms with van der Waals surface area (Å²) >= 11 is 0. The van der Waals surface area contributed by atoms with Crippen LogP contribution < -0.4 is 18.9 Å². The number of rotatable bonds is 10. The van der Waals surface area contributed by atoms with Gasteiger partial charge in [0.1, 0.15) is 6.10 Å². The molecule has 2 aromatic carbocycles. The Balaban J connectivity index is 1.67. The molecule has 2 aliphatic rings. The van der Waals surface area contributed by atoms with Crippen molar-refractivity contribution < 1.29 is 44.1 Å². The van der Waals surface area contributed by atoms with Gasteiger partial charge in [0.05, 0.1) is 34.0 Å². The predicted octanol–water partition coefficient (Wildman–Crippen LogP) is 1.14. The van der Waals surface area contributed by atoms with Crippen LogP contribution in [0.2, 0.25) is 0 Å². The summed E-state index contributed by atoms with van der Waals surface area (Å²) in [6.07, 6.45) is -4.10. The molecule has 36 heavy (non-hydrogen) atoms. The van der Waals surface area contributed by atoms with Crippen LogP contribution in [0, 0.1) is 0 Å². The quantitative estimate of drug-likeness (QED) is 0.349. The van der Waals surface area contributed by atoms with Gasteiger partial charge < -0.3 is 44.1 Å². The highest BCUT2D eigenvalue weighted by Crippen LogP contribution is 2.46. The smallest absolute Gasteiger partial charge is 0.251 e. The van der Waals surface area contributed by atoms with Crippen LogP contribution in [0.3, 0.4) is 0 Å². The van der Waals surface area contributed by atoms with Crippen molar-refractivity contribution in [1.82, 2.24) is 4.90 Å². The van der Waals surface area contributed by atoms with Crippen molar-refractivity contribution in [2.24, 2.45) is 0 Å². The molecule has 2 heterocycles. The third kappa shape index (κ3) is 5.10. The predicted molar refractivity (Wildman–Crippen MR) is 129 cm³/mol. The van der Waals surface area contributed by atoms with Crippen LogP contribution in [-0.2, 0) is 24.1 Å². The molecule has 198 valence electrons. The molecule has 0 aliphatic carbocycles. The number of aliphatic hydroxyl groups is 4. The number of nitrogens with zero attached hydrogens (tertiary/aromatic N) is 1. The van der Waals surface area contributed by atoms with Gasteiger partial charge in [-0.25, -0.2) is 0 Å². The van der Waals surface area contributed by atoms with Gasteiger partial charge in [-0.15, -0.1) is 0 Å². The maximum absolute atomic E-state index is 9.86. The average molecular weight is 506 g/mol. The molecular weight excluding hydrogens is 470 g/mol. The molecule has 0 bridgehead atoms. The molecule has 2 aliphatic heterocycles. The Morgan fingerprint density at radius 1 is 0.972 bits per heavy atom. The maximum atomic E-state index is 9.86. The van der Waals surface area contributed by atoms with Gasteiger partial charge in [0.15, 0.2) is 23.0 Å². The van der Waals surface area contributed by atoms with E-state index in [1.807, 2.05) is 18.2 Å². The second-order valence-corrected chi connectivity index (χ2v) is 9.08. The Morgan fingerprint density at radius 2 is 1.72 bits per heavy atom. The summed E-state index contributed by atoms with van der Waals surface area (Å²) in [4.78, 5) is 2.38. The number of benzene rings is 2. The van der Waals surface area contributed by atoms with Crippen LogP contribution in [0.15, 0.2) is 24.3 Å². The normalized spacial score (nSPS) is 19.5. The van der Waals surface area contributed by atoms with Gasteiger partial charge in [-0.05, 0) is 54.7 Å².